The molecule has 0 heterocycles. The Morgan fingerprint density at radius 2 is 2.20 bits per heavy atom. The van der Waals surface area contributed by atoms with Gasteiger partial charge >= 0.3 is 0 Å². The van der Waals surface area contributed by atoms with Gasteiger partial charge in [-0.05, 0) is 36.8 Å². The van der Waals surface area contributed by atoms with Crippen molar-refractivity contribution in [3.8, 4) is 0 Å². The zero-order valence-corrected chi connectivity index (χ0v) is 12.3. The van der Waals surface area contributed by atoms with Crippen molar-refractivity contribution in [1.29, 1.82) is 0 Å². The number of aliphatic imine (C=N–C) groups is 1. The van der Waals surface area contributed by atoms with Crippen LogP contribution in [0, 0.1) is 11.7 Å². The Bertz CT molecular complexity index is 459. The zero-order valence-electron chi connectivity index (χ0n) is 12.3. The van der Waals surface area contributed by atoms with Gasteiger partial charge in [0.25, 0.3) is 0 Å². The normalized spacial score (nSPS) is 21.6. The maximum absolute atomic E-state index is 13.5. The molecule has 3 nitrogen and oxygen atoms in total. The summed E-state index contributed by atoms with van der Waals surface area (Å²) in [5.41, 5.74) is 0.741. The third-order valence-electron chi connectivity index (χ3n) is 3.77. The van der Waals surface area contributed by atoms with Crippen LogP contribution in [0.5, 0.6) is 0 Å². The minimum absolute atomic E-state index is 0.137. The van der Waals surface area contributed by atoms with E-state index in [4.69, 9.17) is 0 Å². The molecular formula is C16H24FN3. The first-order chi connectivity index (χ1) is 9.74. The van der Waals surface area contributed by atoms with E-state index in [1.54, 1.807) is 13.1 Å². The molecule has 0 radical (unpaired) electrons. The number of guanidine groups is 1. The van der Waals surface area contributed by atoms with Crippen molar-refractivity contribution in [2.75, 3.05) is 13.6 Å². The van der Waals surface area contributed by atoms with Crippen LogP contribution < -0.4 is 10.6 Å². The fraction of sp³-hybridized carbons (Fsp3) is 0.562. The Balaban J connectivity index is 1.71. The first kappa shape index (κ1) is 14.8. The van der Waals surface area contributed by atoms with Gasteiger partial charge in [-0.3, -0.25) is 4.99 Å². The molecule has 0 amide bonds. The van der Waals surface area contributed by atoms with Crippen molar-refractivity contribution in [3.63, 3.8) is 0 Å². The number of hydrogen-bond donors (Lipinski definition) is 2. The molecule has 0 saturated heterocycles. The van der Waals surface area contributed by atoms with Crippen LogP contribution in [-0.4, -0.2) is 25.6 Å². The van der Waals surface area contributed by atoms with E-state index in [0.717, 1.165) is 17.4 Å². The summed E-state index contributed by atoms with van der Waals surface area (Å²) in [7, 11) is 1.77. The second-order valence-electron chi connectivity index (χ2n) is 5.38. The number of rotatable bonds is 6. The zero-order chi connectivity index (χ0) is 14.4. The van der Waals surface area contributed by atoms with Gasteiger partial charge in [0.05, 0.1) is 0 Å². The van der Waals surface area contributed by atoms with Gasteiger partial charge in [-0.2, -0.15) is 0 Å². The molecule has 110 valence electrons. The van der Waals surface area contributed by atoms with Gasteiger partial charge < -0.3 is 10.6 Å². The highest BCUT2D eigenvalue weighted by atomic mass is 19.1. The molecule has 2 N–H and O–H groups in total. The van der Waals surface area contributed by atoms with Crippen molar-refractivity contribution >= 4 is 5.96 Å². The Labute approximate surface area is 120 Å². The number of nitrogens with one attached hydrogen (secondary N) is 2. The second kappa shape index (κ2) is 7.27. The smallest absolute Gasteiger partial charge is 0.191 e. The molecule has 1 aromatic rings. The molecule has 4 heteroatoms. The van der Waals surface area contributed by atoms with Gasteiger partial charge in [-0.25, -0.2) is 4.39 Å². The van der Waals surface area contributed by atoms with Crippen molar-refractivity contribution in [2.45, 2.75) is 38.6 Å². The molecule has 20 heavy (non-hydrogen) atoms. The van der Waals surface area contributed by atoms with Crippen LogP contribution in [0.1, 0.15) is 31.7 Å². The molecule has 1 fully saturated rings. The summed E-state index contributed by atoms with van der Waals surface area (Å²) in [6, 6.07) is 7.47. The number of halogens is 1. The molecule has 1 saturated carbocycles. The minimum atomic E-state index is -0.137. The van der Waals surface area contributed by atoms with Crippen LogP contribution in [0.2, 0.25) is 0 Å². The Hall–Kier alpha value is -1.58. The highest BCUT2D eigenvalue weighted by molar-refractivity contribution is 5.80. The fourth-order valence-electron chi connectivity index (χ4n) is 2.50. The van der Waals surface area contributed by atoms with Crippen molar-refractivity contribution < 1.29 is 4.39 Å². The van der Waals surface area contributed by atoms with E-state index in [9.17, 15) is 4.39 Å². The topological polar surface area (TPSA) is 36.4 Å². The van der Waals surface area contributed by atoms with Gasteiger partial charge in [0.2, 0.25) is 0 Å². The maximum Gasteiger partial charge on any atom is 0.191 e. The summed E-state index contributed by atoms with van der Waals surface area (Å²) in [5, 5.41) is 6.67. The number of benzene rings is 1. The highest BCUT2D eigenvalue weighted by Crippen LogP contribution is 2.34. The predicted octanol–water partition coefficient (Wildman–Crippen LogP) is 2.72. The molecule has 1 aliphatic rings. The summed E-state index contributed by atoms with van der Waals surface area (Å²) < 4.78 is 13.5. The number of hydrogen-bond acceptors (Lipinski definition) is 1. The molecule has 1 aromatic carbocycles. The lowest BCUT2D eigenvalue weighted by molar-refractivity contribution is 0.606. The average Bonchev–Trinajstić information content (AvgIpc) is 3.18. The van der Waals surface area contributed by atoms with E-state index in [0.29, 0.717) is 19.0 Å². The van der Waals surface area contributed by atoms with E-state index >= 15 is 0 Å². The average molecular weight is 277 g/mol. The predicted molar refractivity (Wildman–Crippen MR) is 81.4 cm³/mol. The Kier molecular flexibility index (Phi) is 5.39. The van der Waals surface area contributed by atoms with Crippen LogP contribution in [0.25, 0.3) is 0 Å². The Morgan fingerprint density at radius 3 is 2.90 bits per heavy atom. The van der Waals surface area contributed by atoms with Gasteiger partial charge in [-0.1, -0.05) is 31.5 Å². The summed E-state index contributed by atoms with van der Waals surface area (Å²) in [4.78, 5) is 4.22. The third-order valence-corrected chi connectivity index (χ3v) is 3.77. The van der Waals surface area contributed by atoms with Gasteiger partial charge in [-0.15, -0.1) is 0 Å². The van der Waals surface area contributed by atoms with Crippen LogP contribution in [0.4, 0.5) is 4.39 Å². The van der Waals surface area contributed by atoms with Crippen LogP contribution in [-0.2, 0) is 6.42 Å². The molecule has 0 aliphatic heterocycles. The second-order valence-corrected chi connectivity index (χ2v) is 5.38. The summed E-state index contributed by atoms with van der Waals surface area (Å²) >= 11 is 0. The van der Waals surface area contributed by atoms with Gasteiger partial charge in [0, 0.05) is 19.6 Å². The SMILES string of the molecule is CCCC1CC1NC(=NC)NCCc1ccccc1F. The molecular weight excluding hydrogens is 253 g/mol. The standard InChI is InChI=1S/C16H24FN3/c1-3-6-13-11-15(13)20-16(18-2)19-10-9-12-7-4-5-8-14(12)17/h4-5,7-8,13,15H,3,6,9-11H2,1-2H3,(H2,18,19,20). The lowest BCUT2D eigenvalue weighted by Gasteiger charge is -2.12. The Morgan fingerprint density at radius 1 is 1.40 bits per heavy atom. The van der Waals surface area contributed by atoms with Crippen LogP contribution >= 0.6 is 0 Å². The van der Waals surface area contributed by atoms with E-state index in [1.165, 1.54) is 25.3 Å². The van der Waals surface area contributed by atoms with E-state index in [1.807, 2.05) is 12.1 Å². The monoisotopic (exact) mass is 277 g/mol. The first-order valence-electron chi connectivity index (χ1n) is 7.45. The number of nitrogens with zero attached hydrogens (tertiary/aromatic N) is 1. The molecule has 2 rings (SSSR count). The summed E-state index contributed by atoms with van der Waals surface area (Å²) in [6.07, 6.45) is 4.42. The highest BCUT2D eigenvalue weighted by Gasteiger charge is 2.36. The van der Waals surface area contributed by atoms with E-state index in [-0.39, 0.29) is 5.82 Å². The van der Waals surface area contributed by atoms with E-state index in [2.05, 4.69) is 22.5 Å². The van der Waals surface area contributed by atoms with Crippen molar-refractivity contribution in [2.24, 2.45) is 10.9 Å². The van der Waals surface area contributed by atoms with E-state index < -0.39 is 0 Å². The molecule has 2 unspecified atom stereocenters. The quantitative estimate of drug-likeness (QED) is 0.619. The summed E-state index contributed by atoms with van der Waals surface area (Å²) in [6.45, 7) is 2.91. The fourth-order valence-corrected chi connectivity index (χ4v) is 2.50. The van der Waals surface area contributed by atoms with Gasteiger partial charge in [0.15, 0.2) is 5.96 Å². The van der Waals surface area contributed by atoms with Crippen LogP contribution in [0.3, 0.4) is 0 Å². The lowest BCUT2D eigenvalue weighted by Crippen LogP contribution is -2.40. The molecule has 0 aromatic heterocycles. The minimum Gasteiger partial charge on any atom is -0.356 e. The third kappa shape index (κ3) is 4.22. The largest absolute Gasteiger partial charge is 0.356 e. The summed E-state index contributed by atoms with van der Waals surface area (Å²) in [5.74, 6) is 1.48. The maximum atomic E-state index is 13.5. The lowest BCUT2D eigenvalue weighted by atomic mass is 10.1. The van der Waals surface area contributed by atoms with Crippen LogP contribution in [0.15, 0.2) is 29.3 Å². The van der Waals surface area contributed by atoms with Crippen molar-refractivity contribution in [3.05, 3.63) is 35.6 Å². The molecule has 2 atom stereocenters. The first-order valence-corrected chi connectivity index (χ1v) is 7.45. The molecule has 1 aliphatic carbocycles. The van der Waals surface area contributed by atoms with Gasteiger partial charge in [0.1, 0.15) is 5.82 Å². The molecule has 0 bridgehead atoms. The molecule has 0 spiro atoms. The van der Waals surface area contributed by atoms with Crippen molar-refractivity contribution in [1.82, 2.24) is 10.6 Å².